The molecule has 0 aliphatic heterocycles. The summed E-state index contributed by atoms with van der Waals surface area (Å²) in [7, 11) is 0. The van der Waals surface area contributed by atoms with Crippen LogP contribution in [0.15, 0.2) is 36.4 Å². The fourth-order valence-corrected chi connectivity index (χ4v) is 5.02. The van der Waals surface area contributed by atoms with Crippen LogP contribution in [-0.4, -0.2) is 6.17 Å². The molecule has 0 spiro atoms. The number of fused-ring (bicyclic) bond motifs is 5. The number of aryl methyl sites for hydroxylation is 1. The summed E-state index contributed by atoms with van der Waals surface area (Å²) in [5.74, 6) is 1.36. The quantitative estimate of drug-likeness (QED) is 0.592. The Kier molecular flexibility index (Phi) is 2.43. The summed E-state index contributed by atoms with van der Waals surface area (Å²) < 4.78 is 14.4. The van der Waals surface area contributed by atoms with Crippen molar-refractivity contribution in [2.45, 2.75) is 44.7 Å². The summed E-state index contributed by atoms with van der Waals surface area (Å²) >= 11 is 0. The summed E-state index contributed by atoms with van der Waals surface area (Å²) in [5.41, 5.74) is 3.14. The summed E-state index contributed by atoms with van der Waals surface area (Å²) in [4.78, 5) is 0. The Morgan fingerprint density at radius 2 is 2.05 bits per heavy atom. The topological polar surface area (TPSA) is 0 Å². The average Bonchev–Trinajstić information content (AvgIpc) is 2.74. The molecule has 1 saturated carbocycles. The van der Waals surface area contributed by atoms with Gasteiger partial charge in [-0.25, -0.2) is 4.39 Å². The maximum absolute atomic E-state index is 14.4. The number of hydrogen-bond donors (Lipinski definition) is 0. The molecule has 0 bridgehead atoms. The van der Waals surface area contributed by atoms with Gasteiger partial charge < -0.3 is 0 Å². The van der Waals surface area contributed by atoms with Gasteiger partial charge in [-0.3, -0.25) is 0 Å². The fourth-order valence-electron chi connectivity index (χ4n) is 5.02. The van der Waals surface area contributed by atoms with Crippen molar-refractivity contribution >= 4 is 0 Å². The van der Waals surface area contributed by atoms with Gasteiger partial charge in [0.1, 0.15) is 6.17 Å². The number of alkyl halides is 1. The van der Waals surface area contributed by atoms with Crippen LogP contribution in [-0.2, 0) is 6.42 Å². The van der Waals surface area contributed by atoms with Gasteiger partial charge in [-0.05, 0) is 54.1 Å². The molecule has 0 aromatic heterocycles. The van der Waals surface area contributed by atoms with Crippen LogP contribution in [0.3, 0.4) is 0 Å². The number of benzene rings is 1. The first kappa shape index (κ1) is 11.7. The Morgan fingerprint density at radius 3 is 2.95 bits per heavy atom. The molecule has 1 aromatic rings. The monoisotopic (exact) mass is 256 g/mol. The highest BCUT2D eigenvalue weighted by Gasteiger charge is 2.52. The van der Waals surface area contributed by atoms with Crippen LogP contribution >= 0.6 is 0 Å². The van der Waals surface area contributed by atoms with E-state index >= 15 is 0 Å². The fraction of sp³-hybridized carbons (Fsp3) is 0.556. The van der Waals surface area contributed by atoms with Crippen LogP contribution in [0.1, 0.15) is 43.2 Å². The van der Waals surface area contributed by atoms with E-state index in [4.69, 9.17) is 0 Å². The molecule has 0 N–H and O–H groups in total. The van der Waals surface area contributed by atoms with E-state index in [1.165, 1.54) is 24.0 Å². The number of halogens is 1. The maximum Gasteiger partial charge on any atom is 0.122 e. The summed E-state index contributed by atoms with van der Waals surface area (Å²) in [6.45, 7) is 2.27. The second-order valence-electron chi connectivity index (χ2n) is 6.88. The molecule has 1 heteroatoms. The average molecular weight is 256 g/mol. The molecule has 1 aromatic carbocycles. The van der Waals surface area contributed by atoms with Gasteiger partial charge in [-0.1, -0.05) is 43.3 Å². The van der Waals surface area contributed by atoms with Gasteiger partial charge in [0.25, 0.3) is 0 Å². The molecule has 100 valence electrons. The Hall–Kier alpha value is -1.11. The first-order chi connectivity index (χ1) is 9.19. The normalized spacial score (nSPS) is 43.5. The van der Waals surface area contributed by atoms with Crippen molar-refractivity contribution < 1.29 is 4.39 Å². The summed E-state index contributed by atoms with van der Waals surface area (Å²) in [6, 6.07) is 8.83. The minimum atomic E-state index is -0.719. The zero-order valence-corrected chi connectivity index (χ0v) is 11.5. The molecular weight excluding hydrogens is 235 g/mol. The molecule has 1 fully saturated rings. The van der Waals surface area contributed by atoms with Crippen molar-refractivity contribution in [3.05, 3.63) is 47.5 Å². The molecule has 1 unspecified atom stereocenters. The molecule has 3 aliphatic rings. The third kappa shape index (κ3) is 1.57. The smallest absolute Gasteiger partial charge is 0.122 e. The second-order valence-corrected chi connectivity index (χ2v) is 6.88. The minimum Gasteiger partial charge on any atom is -0.243 e. The molecule has 19 heavy (non-hydrogen) atoms. The molecule has 0 nitrogen and oxygen atoms in total. The van der Waals surface area contributed by atoms with E-state index in [0.717, 1.165) is 12.8 Å². The number of allylic oxidation sites excluding steroid dienone is 2. The molecule has 0 saturated heterocycles. The van der Waals surface area contributed by atoms with Crippen molar-refractivity contribution in [1.82, 2.24) is 0 Å². The molecular formula is C18H21F. The van der Waals surface area contributed by atoms with E-state index in [1.54, 1.807) is 0 Å². The highest BCUT2D eigenvalue weighted by atomic mass is 19.1. The Bertz CT molecular complexity index is 532. The third-order valence-electron chi connectivity index (χ3n) is 5.94. The summed E-state index contributed by atoms with van der Waals surface area (Å²) in [6.07, 6.45) is 7.95. The first-order valence-electron chi connectivity index (χ1n) is 7.60. The molecule has 0 radical (unpaired) electrons. The molecule has 5 atom stereocenters. The van der Waals surface area contributed by atoms with Gasteiger partial charge in [0.05, 0.1) is 0 Å². The Labute approximate surface area is 114 Å². The van der Waals surface area contributed by atoms with E-state index in [1.807, 2.05) is 6.08 Å². The minimum absolute atomic E-state index is 0.118. The molecule has 3 aliphatic carbocycles. The molecule has 4 rings (SSSR count). The first-order valence-corrected chi connectivity index (χ1v) is 7.60. The van der Waals surface area contributed by atoms with Crippen LogP contribution in [0.2, 0.25) is 0 Å². The SMILES string of the molecule is C[C@@]12C=CC(F)[C@H]1[C@@H]1CCc3ccccc3[C@H]1CC2. The van der Waals surface area contributed by atoms with Gasteiger partial charge in [0, 0.05) is 5.92 Å². The van der Waals surface area contributed by atoms with Crippen LogP contribution in [0.4, 0.5) is 4.39 Å². The largest absolute Gasteiger partial charge is 0.243 e. The van der Waals surface area contributed by atoms with Gasteiger partial charge in [-0.15, -0.1) is 0 Å². The number of rotatable bonds is 0. The van der Waals surface area contributed by atoms with Gasteiger partial charge >= 0.3 is 0 Å². The van der Waals surface area contributed by atoms with Crippen LogP contribution in [0.25, 0.3) is 0 Å². The lowest BCUT2D eigenvalue weighted by atomic mass is 9.55. The predicted octanol–water partition coefficient (Wildman–Crippen LogP) is 4.66. The zero-order valence-electron chi connectivity index (χ0n) is 11.5. The lowest BCUT2D eigenvalue weighted by molar-refractivity contribution is 0.0383. The molecule has 0 heterocycles. The highest BCUT2D eigenvalue weighted by molar-refractivity contribution is 5.36. The second kappa shape index (κ2) is 3.94. The van der Waals surface area contributed by atoms with E-state index < -0.39 is 6.17 Å². The lowest BCUT2D eigenvalue weighted by Crippen LogP contribution is -2.43. The van der Waals surface area contributed by atoms with Crippen molar-refractivity contribution in [1.29, 1.82) is 0 Å². The van der Waals surface area contributed by atoms with E-state index in [-0.39, 0.29) is 11.3 Å². The highest BCUT2D eigenvalue weighted by Crippen LogP contribution is 2.59. The van der Waals surface area contributed by atoms with Gasteiger partial charge in [-0.2, -0.15) is 0 Å². The standard InChI is InChI=1S/C18H21F/c1-18-10-8-14-13-5-3-2-4-12(13)6-7-15(14)17(18)16(19)9-11-18/h2-5,9,11,14-17H,6-8,10H2,1H3/t14-,15-,16?,17-,18-/m1/s1. The molecule has 0 amide bonds. The van der Waals surface area contributed by atoms with Crippen LogP contribution in [0, 0.1) is 17.3 Å². The Morgan fingerprint density at radius 1 is 1.21 bits per heavy atom. The van der Waals surface area contributed by atoms with Crippen LogP contribution < -0.4 is 0 Å². The van der Waals surface area contributed by atoms with Gasteiger partial charge in [0.15, 0.2) is 0 Å². The van der Waals surface area contributed by atoms with Crippen molar-refractivity contribution in [3.8, 4) is 0 Å². The van der Waals surface area contributed by atoms with E-state index in [9.17, 15) is 4.39 Å². The van der Waals surface area contributed by atoms with Crippen LogP contribution in [0.5, 0.6) is 0 Å². The zero-order chi connectivity index (χ0) is 13.0. The lowest BCUT2D eigenvalue weighted by Gasteiger charge is -2.49. The Balaban J connectivity index is 1.75. The van der Waals surface area contributed by atoms with Crippen molar-refractivity contribution in [3.63, 3.8) is 0 Å². The van der Waals surface area contributed by atoms with Crippen molar-refractivity contribution in [2.24, 2.45) is 17.3 Å². The van der Waals surface area contributed by atoms with Crippen molar-refractivity contribution in [2.75, 3.05) is 0 Å². The van der Waals surface area contributed by atoms with E-state index in [0.29, 0.717) is 11.8 Å². The maximum atomic E-state index is 14.4. The van der Waals surface area contributed by atoms with E-state index in [2.05, 4.69) is 37.3 Å². The predicted molar refractivity (Wildman–Crippen MR) is 75.9 cm³/mol. The number of hydrogen-bond acceptors (Lipinski definition) is 0. The summed E-state index contributed by atoms with van der Waals surface area (Å²) in [5, 5.41) is 0. The third-order valence-corrected chi connectivity index (χ3v) is 5.94. The van der Waals surface area contributed by atoms with Gasteiger partial charge in [0.2, 0.25) is 0 Å².